The zero-order chi connectivity index (χ0) is 22.7. The van der Waals surface area contributed by atoms with Gasteiger partial charge in [-0.3, -0.25) is 4.79 Å². The number of benzene rings is 3. The van der Waals surface area contributed by atoms with Crippen molar-refractivity contribution in [1.29, 1.82) is 0 Å². The normalized spacial score (nSPS) is 16.3. The van der Waals surface area contributed by atoms with Crippen molar-refractivity contribution in [2.75, 3.05) is 0 Å². The maximum Gasteiger partial charge on any atom is 0.264 e. The molecule has 0 aromatic heterocycles. The Balaban J connectivity index is 1.54. The lowest BCUT2D eigenvalue weighted by molar-refractivity contribution is -0.115. The average Bonchev–Trinajstić information content (AvgIpc) is 3.11. The van der Waals surface area contributed by atoms with Gasteiger partial charge in [-0.1, -0.05) is 47.5 Å². The van der Waals surface area contributed by atoms with E-state index in [1.54, 1.807) is 24.3 Å². The van der Waals surface area contributed by atoms with Crippen LogP contribution in [0.15, 0.2) is 80.8 Å². The zero-order valence-electron chi connectivity index (χ0n) is 17.3. The van der Waals surface area contributed by atoms with Crippen LogP contribution in [0.5, 0.6) is 0 Å². The van der Waals surface area contributed by atoms with E-state index in [4.69, 9.17) is 23.2 Å². The molecule has 4 rings (SSSR count). The molecule has 160 valence electrons. The van der Waals surface area contributed by atoms with Crippen LogP contribution in [0.3, 0.4) is 0 Å². The van der Waals surface area contributed by atoms with Crippen LogP contribution < -0.4 is 5.32 Å². The highest BCUT2D eigenvalue weighted by Crippen LogP contribution is 2.34. The number of hydrogen-bond acceptors (Lipinski definition) is 5. The summed E-state index contributed by atoms with van der Waals surface area (Å²) in [6.07, 6.45) is 1.68. The minimum absolute atomic E-state index is 0.244. The second-order valence-corrected chi connectivity index (χ2v) is 8.92. The van der Waals surface area contributed by atoms with Gasteiger partial charge in [0.15, 0.2) is 5.17 Å². The van der Waals surface area contributed by atoms with Gasteiger partial charge in [-0.15, -0.1) is 0 Å². The molecule has 3 aromatic rings. The summed E-state index contributed by atoms with van der Waals surface area (Å²) in [7, 11) is 0. The monoisotopic (exact) mass is 480 g/mol. The molecule has 0 unspecified atom stereocenters. The topological polar surface area (TPSA) is 66.2 Å². The van der Waals surface area contributed by atoms with Crippen LogP contribution in [0.25, 0.3) is 6.08 Å². The van der Waals surface area contributed by atoms with Crippen molar-refractivity contribution < 1.29 is 4.79 Å². The Morgan fingerprint density at radius 2 is 1.62 bits per heavy atom. The van der Waals surface area contributed by atoms with Gasteiger partial charge in [0.2, 0.25) is 0 Å². The standard InChI is InChI=1S/C24H18Cl2N4OS/c1-14-6-3-4-9-21(14)30-29-16-10-11-20(15(2)12-16)27-24-28-23(31)22(32-24)13-17-18(25)7-5-8-19(17)26/h3-13H,1-2H3,(H,27,28,31)/b22-13-,30-29?. The number of carbonyl (C=O) groups excluding carboxylic acids is 1. The van der Waals surface area contributed by atoms with Crippen LogP contribution in [0.1, 0.15) is 16.7 Å². The van der Waals surface area contributed by atoms with Crippen LogP contribution in [0.4, 0.5) is 17.1 Å². The first-order chi connectivity index (χ1) is 15.4. The van der Waals surface area contributed by atoms with E-state index < -0.39 is 0 Å². The van der Waals surface area contributed by atoms with Crippen molar-refractivity contribution in [2.45, 2.75) is 13.8 Å². The Hall–Kier alpha value is -2.93. The van der Waals surface area contributed by atoms with E-state index in [0.29, 0.717) is 25.7 Å². The lowest BCUT2D eigenvalue weighted by Gasteiger charge is -2.03. The number of aryl methyl sites for hydroxylation is 2. The van der Waals surface area contributed by atoms with Crippen LogP contribution >= 0.6 is 35.0 Å². The van der Waals surface area contributed by atoms with Gasteiger partial charge in [0.1, 0.15) is 0 Å². The number of rotatable bonds is 4. The molecule has 32 heavy (non-hydrogen) atoms. The van der Waals surface area contributed by atoms with Crippen molar-refractivity contribution in [2.24, 2.45) is 15.2 Å². The number of carbonyl (C=O) groups is 1. The van der Waals surface area contributed by atoms with E-state index in [9.17, 15) is 4.79 Å². The molecule has 1 aliphatic rings. The van der Waals surface area contributed by atoms with Gasteiger partial charge >= 0.3 is 0 Å². The number of halogens is 2. The summed E-state index contributed by atoms with van der Waals surface area (Å²) in [5, 5.41) is 12.9. The molecular weight excluding hydrogens is 463 g/mol. The molecular formula is C24H18Cl2N4OS. The molecule has 1 saturated heterocycles. The van der Waals surface area contributed by atoms with Crippen molar-refractivity contribution in [3.63, 3.8) is 0 Å². The maximum atomic E-state index is 12.4. The molecule has 0 bridgehead atoms. The Kier molecular flexibility index (Phi) is 6.74. The number of amides is 1. The minimum atomic E-state index is -0.244. The fraction of sp³-hybridized carbons (Fsp3) is 0.0833. The highest BCUT2D eigenvalue weighted by atomic mass is 35.5. The summed E-state index contributed by atoms with van der Waals surface area (Å²) < 4.78 is 0. The number of aliphatic imine (C=N–C) groups is 1. The van der Waals surface area contributed by atoms with Crippen LogP contribution in [-0.2, 0) is 4.79 Å². The Morgan fingerprint density at radius 3 is 2.34 bits per heavy atom. The molecule has 0 atom stereocenters. The van der Waals surface area contributed by atoms with Crippen molar-refractivity contribution >= 4 is 69.2 Å². The molecule has 1 fully saturated rings. The summed E-state index contributed by atoms with van der Waals surface area (Å²) in [4.78, 5) is 17.5. The van der Waals surface area contributed by atoms with Gasteiger partial charge in [-0.25, -0.2) is 4.99 Å². The predicted molar refractivity (Wildman–Crippen MR) is 134 cm³/mol. The molecule has 1 aliphatic heterocycles. The highest BCUT2D eigenvalue weighted by Gasteiger charge is 2.24. The molecule has 1 heterocycles. The molecule has 5 nitrogen and oxygen atoms in total. The van der Waals surface area contributed by atoms with Gasteiger partial charge in [0.25, 0.3) is 5.91 Å². The number of hydrogen-bond donors (Lipinski definition) is 1. The molecule has 1 amide bonds. The van der Waals surface area contributed by atoms with E-state index in [0.717, 1.165) is 28.2 Å². The first-order valence-corrected chi connectivity index (χ1v) is 11.3. The lowest BCUT2D eigenvalue weighted by atomic mass is 10.2. The smallest absolute Gasteiger partial charge is 0.264 e. The second kappa shape index (κ2) is 9.69. The summed E-state index contributed by atoms with van der Waals surface area (Å²) >= 11 is 13.7. The third kappa shape index (κ3) is 5.10. The van der Waals surface area contributed by atoms with E-state index >= 15 is 0 Å². The van der Waals surface area contributed by atoms with E-state index in [-0.39, 0.29) is 5.91 Å². The van der Waals surface area contributed by atoms with Gasteiger partial charge in [-0.2, -0.15) is 10.2 Å². The van der Waals surface area contributed by atoms with Crippen LogP contribution in [0, 0.1) is 13.8 Å². The number of nitrogens with zero attached hydrogens (tertiary/aromatic N) is 3. The lowest BCUT2D eigenvalue weighted by Crippen LogP contribution is -2.19. The Morgan fingerprint density at radius 1 is 0.875 bits per heavy atom. The summed E-state index contributed by atoms with van der Waals surface area (Å²) in [5.74, 6) is -0.244. The van der Waals surface area contributed by atoms with Gasteiger partial charge in [-0.05, 0) is 79.2 Å². The maximum absolute atomic E-state index is 12.4. The molecule has 3 aromatic carbocycles. The SMILES string of the molecule is Cc1ccccc1N=Nc1ccc(N=C2NC(=O)/C(=C/c3c(Cl)cccc3Cl)S2)c(C)c1. The van der Waals surface area contributed by atoms with Crippen molar-refractivity contribution in [3.05, 3.63) is 92.3 Å². The number of azo groups is 1. The van der Waals surface area contributed by atoms with E-state index in [2.05, 4.69) is 20.5 Å². The Bertz CT molecular complexity index is 1280. The van der Waals surface area contributed by atoms with Crippen molar-refractivity contribution in [3.8, 4) is 0 Å². The largest absolute Gasteiger partial charge is 0.300 e. The fourth-order valence-corrected chi connectivity index (χ4v) is 4.31. The quantitative estimate of drug-likeness (QED) is 0.304. The average molecular weight is 481 g/mol. The molecule has 0 saturated carbocycles. The number of amidine groups is 1. The first kappa shape index (κ1) is 22.3. The molecule has 8 heteroatoms. The van der Waals surface area contributed by atoms with Crippen molar-refractivity contribution in [1.82, 2.24) is 5.32 Å². The highest BCUT2D eigenvalue weighted by molar-refractivity contribution is 8.18. The fourth-order valence-electron chi connectivity index (χ4n) is 2.98. The minimum Gasteiger partial charge on any atom is -0.300 e. The second-order valence-electron chi connectivity index (χ2n) is 7.07. The Labute approximate surface area is 200 Å². The molecule has 1 N–H and O–H groups in total. The van der Waals surface area contributed by atoms with Crippen LogP contribution in [0.2, 0.25) is 10.0 Å². The third-order valence-electron chi connectivity index (χ3n) is 4.72. The summed E-state index contributed by atoms with van der Waals surface area (Å²) in [6, 6.07) is 18.6. The van der Waals surface area contributed by atoms with Gasteiger partial charge in [0.05, 0.1) is 22.0 Å². The number of nitrogens with one attached hydrogen (secondary N) is 1. The van der Waals surface area contributed by atoms with E-state index in [1.165, 1.54) is 11.8 Å². The molecule has 0 spiro atoms. The predicted octanol–water partition coefficient (Wildman–Crippen LogP) is 7.92. The van der Waals surface area contributed by atoms with E-state index in [1.807, 2.05) is 56.3 Å². The summed E-state index contributed by atoms with van der Waals surface area (Å²) in [5.41, 5.74) is 4.88. The summed E-state index contributed by atoms with van der Waals surface area (Å²) in [6.45, 7) is 3.93. The van der Waals surface area contributed by atoms with Crippen LogP contribution in [-0.4, -0.2) is 11.1 Å². The first-order valence-electron chi connectivity index (χ1n) is 9.72. The van der Waals surface area contributed by atoms with Gasteiger partial charge < -0.3 is 5.32 Å². The zero-order valence-corrected chi connectivity index (χ0v) is 19.6. The molecule has 0 radical (unpaired) electrons. The molecule has 0 aliphatic carbocycles. The third-order valence-corrected chi connectivity index (χ3v) is 6.29. The van der Waals surface area contributed by atoms with Gasteiger partial charge in [0, 0.05) is 15.6 Å². The number of thioether (sulfide) groups is 1.